The van der Waals surface area contributed by atoms with E-state index in [1.165, 1.54) is 12.1 Å². The first kappa shape index (κ1) is 24.3. The summed E-state index contributed by atoms with van der Waals surface area (Å²) in [6.45, 7) is -0.232. The van der Waals surface area contributed by atoms with Gasteiger partial charge in [0, 0.05) is 25.7 Å². The molecule has 170 valence electrons. The van der Waals surface area contributed by atoms with E-state index in [2.05, 4.69) is 15.6 Å². The smallest absolute Gasteiger partial charge is 0.387 e. The molecule has 1 unspecified atom stereocenters. The maximum Gasteiger partial charge on any atom is 0.387 e. The molecule has 31 heavy (non-hydrogen) atoms. The molecule has 0 aliphatic carbocycles. The molecule has 0 aromatic heterocycles. The fourth-order valence-electron chi connectivity index (χ4n) is 3.10. The van der Waals surface area contributed by atoms with Gasteiger partial charge in [-0.25, -0.2) is 4.39 Å². The van der Waals surface area contributed by atoms with E-state index in [9.17, 15) is 13.2 Å². The van der Waals surface area contributed by atoms with Crippen LogP contribution in [0.5, 0.6) is 11.5 Å². The van der Waals surface area contributed by atoms with Gasteiger partial charge in [0.1, 0.15) is 5.82 Å². The average molecular weight is 438 g/mol. The Morgan fingerprint density at radius 2 is 1.87 bits per heavy atom. The Morgan fingerprint density at radius 1 is 1.13 bits per heavy atom. The van der Waals surface area contributed by atoms with Crippen LogP contribution in [0, 0.1) is 5.82 Å². The second-order valence-corrected chi connectivity index (χ2v) is 6.90. The van der Waals surface area contributed by atoms with Crippen molar-refractivity contribution in [2.24, 2.45) is 4.99 Å². The number of para-hydroxylation sites is 1. The SMILES string of the molecule is CCOc1cccc(CNC(=NC)NCC(c2cccc(F)c2)N(C)C)c1OC(F)F. The van der Waals surface area contributed by atoms with Gasteiger partial charge in [0.15, 0.2) is 17.5 Å². The number of ether oxygens (including phenoxy) is 2. The summed E-state index contributed by atoms with van der Waals surface area (Å²) in [4.78, 5) is 6.14. The van der Waals surface area contributed by atoms with Gasteiger partial charge >= 0.3 is 6.61 Å². The molecule has 2 rings (SSSR count). The van der Waals surface area contributed by atoms with Crippen molar-refractivity contribution in [1.29, 1.82) is 0 Å². The molecule has 2 N–H and O–H groups in total. The van der Waals surface area contributed by atoms with Crippen LogP contribution in [0.15, 0.2) is 47.5 Å². The number of benzene rings is 2. The molecular weight excluding hydrogens is 409 g/mol. The third-order valence-corrected chi connectivity index (χ3v) is 4.56. The van der Waals surface area contributed by atoms with Crippen molar-refractivity contribution in [3.63, 3.8) is 0 Å². The molecular formula is C22H29F3N4O2. The minimum Gasteiger partial charge on any atom is -0.490 e. The van der Waals surface area contributed by atoms with Gasteiger partial charge in [-0.05, 0) is 44.8 Å². The van der Waals surface area contributed by atoms with Gasteiger partial charge in [-0.3, -0.25) is 4.99 Å². The highest BCUT2D eigenvalue weighted by Crippen LogP contribution is 2.32. The maximum atomic E-state index is 13.6. The van der Waals surface area contributed by atoms with Crippen LogP contribution >= 0.6 is 0 Å². The van der Waals surface area contributed by atoms with E-state index in [0.29, 0.717) is 24.7 Å². The molecule has 0 spiro atoms. The summed E-state index contributed by atoms with van der Waals surface area (Å²) in [6.07, 6.45) is 0. The first-order valence-electron chi connectivity index (χ1n) is 9.91. The van der Waals surface area contributed by atoms with E-state index in [1.54, 1.807) is 38.2 Å². The Morgan fingerprint density at radius 3 is 2.48 bits per heavy atom. The fraction of sp³-hybridized carbons (Fsp3) is 0.409. The summed E-state index contributed by atoms with van der Waals surface area (Å²) in [6, 6.07) is 11.3. The molecule has 0 bridgehead atoms. The van der Waals surface area contributed by atoms with Crippen molar-refractivity contribution in [2.75, 3.05) is 34.3 Å². The lowest BCUT2D eigenvalue weighted by molar-refractivity contribution is -0.0520. The zero-order chi connectivity index (χ0) is 22.8. The number of likely N-dealkylation sites (N-methyl/N-ethyl adjacent to an activating group) is 1. The van der Waals surface area contributed by atoms with E-state index in [4.69, 9.17) is 9.47 Å². The Balaban J connectivity index is 2.07. The number of hydrogen-bond donors (Lipinski definition) is 2. The van der Waals surface area contributed by atoms with E-state index in [-0.39, 0.29) is 29.9 Å². The number of halogens is 3. The summed E-state index contributed by atoms with van der Waals surface area (Å²) in [5, 5.41) is 6.29. The predicted octanol–water partition coefficient (Wildman–Crippen LogP) is 3.79. The molecule has 9 heteroatoms. The number of hydrogen-bond acceptors (Lipinski definition) is 4. The molecule has 0 saturated carbocycles. The van der Waals surface area contributed by atoms with E-state index < -0.39 is 6.61 Å². The Hall–Kier alpha value is -2.94. The quantitative estimate of drug-likeness (QED) is 0.437. The lowest BCUT2D eigenvalue weighted by Gasteiger charge is -2.26. The minimum absolute atomic E-state index is 0.00627. The number of nitrogens with one attached hydrogen (secondary N) is 2. The first-order chi connectivity index (χ1) is 14.8. The van der Waals surface area contributed by atoms with Crippen molar-refractivity contribution < 1.29 is 22.6 Å². The molecule has 6 nitrogen and oxygen atoms in total. The zero-order valence-corrected chi connectivity index (χ0v) is 18.2. The molecule has 2 aromatic rings. The van der Waals surface area contributed by atoms with Crippen molar-refractivity contribution in [3.8, 4) is 11.5 Å². The van der Waals surface area contributed by atoms with Gasteiger partial charge in [0.2, 0.25) is 0 Å². The van der Waals surface area contributed by atoms with Gasteiger partial charge in [-0.2, -0.15) is 8.78 Å². The lowest BCUT2D eigenvalue weighted by Crippen LogP contribution is -2.41. The van der Waals surface area contributed by atoms with Crippen LogP contribution in [-0.4, -0.2) is 51.8 Å². The highest BCUT2D eigenvalue weighted by Gasteiger charge is 2.17. The van der Waals surface area contributed by atoms with Crippen LogP contribution in [0.3, 0.4) is 0 Å². The molecule has 0 saturated heterocycles. The molecule has 1 atom stereocenters. The number of aliphatic imine (C=N–C) groups is 1. The maximum absolute atomic E-state index is 13.6. The van der Waals surface area contributed by atoms with E-state index >= 15 is 0 Å². The monoisotopic (exact) mass is 438 g/mol. The molecule has 0 heterocycles. The topological polar surface area (TPSA) is 58.1 Å². The van der Waals surface area contributed by atoms with Crippen molar-refractivity contribution in [2.45, 2.75) is 26.1 Å². The van der Waals surface area contributed by atoms with Crippen molar-refractivity contribution in [1.82, 2.24) is 15.5 Å². The standard InChI is InChI=1S/C22H29F3N4O2/c1-5-30-19-11-7-9-16(20(19)31-21(24)25)13-27-22(26-2)28-14-18(29(3)4)15-8-6-10-17(23)12-15/h6-12,18,21H,5,13-14H2,1-4H3,(H2,26,27,28). The van der Waals surface area contributed by atoms with Gasteiger partial charge < -0.3 is 25.0 Å². The number of alkyl halides is 2. The van der Waals surface area contributed by atoms with Crippen molar-refractivity contribution >= 4 is 5.96 Å². The highest BCUT2D eigenvalue weighted by molar-refractivity contribution is 5.79. The second kappa shape index (κ2) is 12.0. The summed E-state index contributed by atoms with van der Waals surface area (Å²) in [5.41, 5.74) is 1.33. The highest BCUT2D eigenvalue weighted by atomic mass is 19.3. The predicted molar refractivity (Wildman–Crippen MR) is 115 cm³/mol. The molecule has 0 radical (unpaired) electrons. The third kappa shape index (κ3) is 7.36. The first-order valence-corrected chi connectivity index (χ1v) is 9.91. The number of rotatable bonds is 10. The Kier molecular flexibility index (Phi) is 9.45. The average Bonchev–Trinajstić information content (AvgIpc) is 2.72. The number of nitrogens with zero attached hydrogens (tertiary/aromatic N) is 2. The van der Waals surface area contributed by atoms with Gasteiger partial charge in [0.05, 0.1) is 12.6 Å². The summed E-state index contributed by atoms with van der Waals surface area (Å²) in [5.74, 6) is 0.415. The molecule has 0 aliphatic heterocycles. The molecule has 2 aromatic carbocycles. The normalized spacial score (nSPS) is 12.7. The van der Waals surface area contributed by atoms with Crippen LogP contribution in [-0.2, 0) is 6.54 Å². The molecule has 0 amide bonds. The van der Waals surface area contributed by atoms with E-state index in [1.807, 2.05) is 25.1 Å². The second-order valence-electron chi connectivity index (χ2n) is 6.90. The summed E-state index contributed by atoms with van der Waals surface area (Å²) in [7, 11) is 5.41. The van der Waals surface area contributed by atoms with Gasteiger partial charge in [0.25, 0.3) is 0 Å². The Labute approximate surface area is 181 Å². The van der Waals surface area contributed by atoms with Crippen LogP contribution in [0.1, 0.15) is 24.1 Å². The van der Waals surface area contributed by atoms with Crippen LogP contribution < -0.4 is 20.1 Å². The largest absolute Gasteiger partial charge is 0.490 e. The van der Waals surface area contributed by atoms with Crippen LogP contribution in [0.25, 0.3) is 0 Å². The van der Waals surface area contributed by atoms with Gasteiger partial charge in [-0.15, -0.1) is 0 Å². The van der Waals surface area contributed by atoms with Crippen LogP contribution in [0.2, 0.25) is 0 Å². The van der Waals surface area contributed by atoms with Crippen molar-refractivity contribution in [3.05, 3.63) is 59.4 Å². The van der Waals surface area contributed by atoms with E-state index in [0.717, 1.165) is 5.56 Å². The number of guanidine groups is 1. The minimum atomic E-state index is -2.97. The Bertz CT molecular complexity index is 862. The third-order valence-electron chi connectivity index (χ3n) is 4.56. The lowest BCUT2D eigenvalue weighted by atomic mass is 10.1. The van der Waals surface area contributed by atoms with Crippen LogP contribution in [0.4, 0.5) is 13.2 Å². The zero-order valence-electron chi connectivity index (χ0n) is 18.2. The van der Waals surface area contributed by atoms with Gasteiger partial charge in [-0.1, -0.05) is 24.3 Å². The summed E-state index contributed by atoms with van der Waals surface area (Å²) < 4.78 is 49.5. The molecule has 0 fully saturated rings. The fourth-order valence-corrected chi connectivity index (χ4v) is 3.10. The molecule has 0 aliphatic rings. The summed E-state index contributed by atoms with van der Waals surface area (Å²) >= 11 is 0.